The minimum absolute atomic E-state index is 0.119. The van der Waals surface area contributed by atoms with Crippen molar-refractivity contribution in [3.05, 3.63) is 70.2 Å². The molecule has 1 aromatic heterocycles. The topological polar surface area (TPSA) is 92.4 Å². The lowest BCUT2D eigenvalue weighted by atomic mass is 10.1. The van der Waals surface area contributed by atoms with Crippen molar-refractivity contribution in [3.8, 4) is 5.75 Å². The Morgan fingerprint density at radius 2 is 1.80 bits per heavy atom. The third-order valence-corrected chi connectivity index (χ3v) is 5.17. The van der Waals surface area contributed by atoms with Crippen LogP contribution >= 0.6 is 22.9 Å². The minimum Gasteiger partial charge on any atom is -0.497 e. The zero-order chi connectivity index (χ0) is 21.3. The summed E-state index contributed by atoms with van der Waals surface area (Å²) in [5, 5.41) is 11.0. The normalized spacial score (nSPS) is 10.3. The van der Waals surface area contributed by atoms with Crippen molar-refractivity contribution in [1.29, 1.82) is 0 Å². The fraction of sp³-hybridized carbons (Fsp3) is 0.190. The molecular weight excluding hydrogens is 424 g/mol. The Morgan fingerprint density at radius 1 is 1.07 bits per heavy atom. The first-order valence-electron chi connectivity index (χ1n) is 9.19. The summed E-state index contributed by atoms with van der Waals surface area (Å²) >= 11 is 7.08. The van der Waals surface area contributed by atoms with E-state index in [-0.39, 0.29) is 12.3 Å². The van der Waals surface area contributed by atoms with Gasteiger partial charge in [-0.15, -0.1) is 11.3 Å². The average molecular weight is 445 g/mol. The number of hydrogen-bond acceptors (Lipinski definition) is 5. The highest BCUT2D eigenvalue weighted by Gasteiger charge is 2.10. The van der Waals surface area contributed by atoms with Crippen LogP contribution in [0.15, 0.2) is 53.9 Å². The van der Waals surface area contributed by atoms with Crippen molar-refractivity contribution < 1.29 is 14.3 Å². The number of thiazole rings is 1. The van der Waals surface area contributed by atoms with Crippen LogP contribution in [0.1, 0.15) is 11.3 Å². The lowest BCUT2D eigenvalue weighted by molar-refractivity contribution is -0.120. The number of nitrogens with zero attached hydrogens (tertiary/aromatic N) is 1. The van der Waals surface area contributed by atoms with Crippen molar-refractivity contribution in [3.63, 3.8) is 0 Å². The van der Waals surface area contributed by atoms with Gasteiger partial charge >= 0.3 is 6.03 Å². The maximum absolute atomic E-state index is 12.1. The van der Waals surface area contributed by atoms with Crippen LogP contribution in [-0.4, -0.2) is 30.6 Å². The maximum Gasteiger partial charge on any atom is 0.325 e. The summed E-state index contributed by atoms with van der Waals surface area (Å²) in [7, 11) is 1.63. The molecule has 156 valence electrons. The van der Waals surface area contributed by atoms with Crippen LogP contribution in [0.5, 0.6) is 5.75 Å². The summed E-state index contributed by atoms with van der Waals surface area (Å²) in [4.78, 5) is 28.4. The molecule has 0 bridgehead atoms. The van der Waals surface area contributed by atoms with Crippen molar-refractivity contribution in [2.75, 3.05) is 24.3 Å². The summed E-state index contributed by atoms with van der Waals surface area (Å²) in [6.45, 7) is 0.532. The SMILES string of the molecule is COc1ccc(CCNC(=O)Cc2csc(NC(=O)Nc3ccc(Cl)cc3)n2)cc1. The zero-order valence-electron chi connectivity index (χ0n) is 16.3. The van der Waals surface area contributed by atoms with E-state index in [0.717, 1.165) is 17.7 Å². The molecule has 3 aromatic rings. The molecular formula is C21H21ClN4O3S. The number of aromatic nitrogens is 1. The van der Waals surface area contributed by atoms with Crippen LogP contribution < -0.4 is 20.7 Å². The van der Waals surface area contributed by atoms with Gasteiger partial charge in [-0.25, -0.2) is 9.78 Å². The fourth-order valence-corrected chi connectivity index (χ4v) is 3.44. The molecule has 3 amide bonds. The van der Waals surface area contributed by atoms with Crippen LogP contribution in [0.4, 0.5) is 15.6 Å². The van der Waals surface area contributed by atoms with Gasteiger partial charge in [0.25, 0.3) is 0 Å². The van der Waals surface area contributed by atoms with Crippen molar-refractivity contribution >= 4 is 45.7 Å². The molecule has 0 radical (unpaired) electrons. The van der Waals surface area contributed by atoms with Gasteiger partial charge in [0, 0.05) is 22.6 Å². The van der Waals surface area contributed by atoms with Crippen LogP contribution in [0.3, 0.4) is 0 Å². The van der Waals surface area contributed by atoms with Crippen LogP contribution in [0, 0.1) is 0 Å². The monoisotopic (exact) mass is 444 g/mol. The standard InChI is InChI=1S/C21H21ClN4O3S/c1-29-18-8-2-14(3-9-18)10-11-23-19(27)12-17-13-30-21(25-17)26-20(28)24-16-6-4-15(22)5-7-16/h2-9,13H,10-12H2,1H3,(H,23,27)(H2,24,25,26,28). The number of halogens is 1. The number of ether oxygens (including phenoxy) is 1. The summed E-state index contributed by atoms with van der Waals surface area (Å²) < 4.78 is 5.13. The molecule has 0 saturated heterocycles. The molecule has 0 aliphatic rings. The quantitative estimate of drug-likeness (QED) is 0.481. The second-order valence-electron chi connectivity index (χ2n) is 6.35. The van der Waals surface area contributed by atoms with E-state index < -0.39 is 6.03 Å². The van der Waals surface area contributed by atoms with Crippen molar-refractivity contribution in [2.24, 2.45) is 0 Å². The van der Waals surface area contributed by atoms with E-state index in [0.29, 0.717) is 28.1 Å². The molecule has 2 aromatic carbocycles. The highest BCUT2D eigenvalue weighted by atomic mass is 35.5. The molecule has 9 heteroatoms. The number of urea groups is 1. The van der Waals surface area contributed by atoms with Gasteiger partial charge in [0.15, 0.2) is 5.13 Å². The van der Waals surface area contributed by atoms with E-state index in [4.69, 9.17) is 16.3 Å². The van der Waals surface area contributed by atoms with E-state index in [1.54, 1.807) is 36.8 Å². The Morgan fingerprint density at radius 3 is 2.50 bits per heavy atom. The summed E-state index contributed by atoms with van der Waals surface area (Å²) in [6, 6.07) is 14.1. The Balaban J connectivity index is 1.41. The Hall–Kier alpha value is -3.10. The van der Waals surface area contributed by atoms with E-state index in [9.17, 15) is 9.59 Å². The maximum atomic E-state index is 12.1. The number of amides is 3. The average Bonchev–Trinajstić information content (AvgIpc) is 3.16. The van der Waals surface area contributed by atoms with Crippen LogP contribution in [0.2, 0.25) is 5.02 Å². The zero-order valence-corrected chi connectivity index (χ0v) is 17.8. The number of methoxy groups -OCH3 is 1. The van der Waals surface area contributed by atoms with Crippen LogP contribution in [-0.2, 0) is 17.6 Å². The van der Waals surface area contributed by atoms with E-state index in [1.165, 1.54) is 11.3 Å². The second-order valence-corrected chi connectivity index (χ2v) is 7.65. The highest BCUT2D eigenvalue weighted by Crippen LogP contribution is 2.17. The molecule has 3 N–H and O–H groups in total. The number of anilines is 2. The number of carbonyl (C=O) groups excluding carboxylic acids is 2. The van der Waals surface area contributed by atoms with Crippen LogP contribution in [0.25, 0.3) is 0 Å². The predicted octanol–water partition coefficient (Wildman–Crippen LogP) is 4.35. The summed E-state index contributed by atoms with van der Waals surface area (Å²) in [5.74, 6) is 0.684. The Kier molecular flexibility index (Phi) is 7.64. The first kappa shape index (κ1) is 21.6. The highest BCUT2D eigenvalue weighted by molar-refractivity contribution is 7.14. The molecule has 0 aliphatic carbocycles. The Bertz CT molecular complexity index is 990. The molecule has 0 spiro atoms. The first-order valence-corrected chi connectivity index (χ1v) is 10.4. The molecule has 0 unspecified atom stereocenters. The summed E-state index contributed by atoms with van der Waals surface area (Å²) in [5.41, 5.74) is 2.33. The lowest BCUT2D eigenvalue weighted by Gasteiger charge is -2.06. The van der Waals surface area contributed by atoms with E-state index in [1.807, 2.05) is 24.3 Å². The van der Waals surface area contributed by atoms with Crippen molar-refractivity contribution in [1.82, 2.24) is 10.3 Å². The Labute approximate surface area is 183 Å². The molecule has 0 fully saturated rings. The van der Waals surface area contributed by atoms with Crippen molar-refractivity contribution in [2.45, 2.75) is 12.8 Å². The molecule has 0 atom stereocenters. The number of rotatable bonds is 8. The van der Waals surface area contributed by atoms with Gasteiger partial charge in [-0.3, -0.25) is 10.1 Å². The predicted molar refractivity (Wildman–Crippen MR) is 120 cm³/mol. The van der Waals surface area contributed by atoms with E-state index >= 15 is 0 Å². The number of carbonyl (C=O) groups is 2. The molecule has 0 aliphatic heterocycles. The smallest absolute Gasteiger partial charge is 0.325 e. The van der Waals surface area contributed by atoms with E-state index in [2.05, 4.69) is 20.9 Å². The lowest BCUT2D eigenvalue weighted by Crippen LogP contribution is -2.27. The van der Waals surface area contributed by atoms with Gasteiger partial charge in [-0.05, 0) is 48.4 Å². The number of nitrogens with one attached hydrogen (secondary N) is 3. The molecule has 1 heterocycles. The molecule has 7 nitrogen and oxygen atoms in total. The first-order chi connectivity index (χ1) is 14.5. The fourth-order valence-electron chi connectivity index (χ4n) is 2.60. The van der Waals surface area contributed by atoms with Gasteiger partial charge in [0.2, 0.25) is 5.91 Å². The summed E-state index contributed by atoms with van der Waals surface area (Å²) in [6.07, 6.45) is 0.879. The van der Waals surface area contributed by atoms with Gasteiger partial charge in [0.05, 0.1) is 19.2 Å². The van der Waals surface area contributed by atoms with Gasteiger partial charge in [-0.2, -0.15) is 0 Å². The molecule has 3 rings (SSSR count). The second kappa shape index (κ2) is 10.6. The third kappa shape index (κ3) is 6.75. The van der Waals surface area contributed by atoms with Gasteiger partial charge in [0.1, 0.15) is 5.75 Å². The van der Waals surface area contributed by atoms with Gasteiger partial charge in [-0.1, -0.05) is 23.7 Å². The molecule has 30 heavy (non-hydrogen) atoms. The van der Waals surface area contributed by atoms with Gasteiger partial charge < -0.3 is 15.4 Å². The minimum atomic E-state index is -0.415. The number of hydrogen-bond donors (Lipinski definition) is 3. The molecule has 0 saturated carbocycles. The third-order valence-electron chi connectivity index (χ3n) is 4.11. The largest absolute Gasteiger partial charge is 0.497 e. The number of benzene rings is 2.